The van der Waals surface area contributed by atoms with E-state index in [1.54, 1.807) is 43.3 Å². The molecule has 2 amide bonds. The van der Waals surface area contributed by atoms with E-state index in [4.69, 9.17) is 23.2 Å². The first-order chi connectivity index (χ1) is 16.9. The number of amides is 2. The molecule has 1 aliphatic carbocycles. The van der Waals surface area contributed by atoms with Gasteiger partial charge in [-0.1, -0.05) is 58.0 Å². The molecular weight excluding hydrogens is 589 g/mol. The molecular formula is C25H30BrCl2N3O4S. The van der Waals surface area contributed by atoms with Crippen LogP contribution in [0.5, 0.6) is 0 Å². The summed E-state index contributed by atoms with van der Waals surface area (Å²) in [6, 6.07) is 9.23. The van der Waals surface area contributed by atoms with Gasteiger partial charge < -0.3 is 10.2 Å². The van der Waals surface area contributed by atoms with Crippen LogP contribution < -0.4 is 9.62 Å². The van der Waals surface area contributed by atoms with E-state index in [0.29, 0.717) is 21.3 Å². The maximum absolute atomic E-state index is 13.7. The molecule has 1 unspecified atom stereocenters. The van der Waals surface area contributed by atoms with E-state index in [9.17, 15) is 18.0 Å². The molecule has 0 bridgehead atoms. The molecule has 11 heteroatoms. The van der Waals surface area contributed by atoms with Crippen molar-refractivity contribution in [2.24, 2.45) is 0 Å². The highest BCUT2D eigenvalue weighted by Gasteiger charge is 2.32. The Morgan fingerprint density at radius 2 is 1.75 bits per heavy atom. The van der Waals surface area contributed by atoms with Gasteiger partial charge in [0.1, 0.15) is 12.6 Å². The van der Waals surface area contributed by atoms with E-state index < -0.39 is 28.5 Å². The first-order valence-electron chi connectivity index (χ1n) is 11.6. The number of hydrogen-bond acceptors (Lipinski definition) is 4. The van der Waals surface area contributed by atoms with Crippen LogP contribution >= 0.6 is 39.1 Å². The summed E-state index contributed by atoms with van der Waals surface area (Å²) < 4.78 is 27.3. The van der Waals surface area contributed by atoms with Crippen LogP contribution in [0.25, 0.3) is 0 Å². The van der Waals surface area contributed by atoms with E-state index in [0.717, 1.165) is 46.3 Å². The summed E-state index contributed by atoms with van der Waals surface area (Å²) in [5.41, 5.74) is 1.66. The van der Waals surface area contributed by atoms with Crippen molar-refractivity contribution in [3.63, 3.8) is 0 Å². The molecule has 1 aliphatic rings. The van der Waals surface area contributed by atoms with Gasteiger partial charge in [-0.15, -0.1) is 0 Å². The van der Waals surface area contributed by atoms with Gasteiger partial charge in [0.15, 0.2) is 0 Å². The van der Waals surface area contributed by atoms with Gasteiger partial charge in [0.25, 0.3) is 0 Å². The normalized spacial score (nSPS) is 14.9. The van der Waals surface area contributed by atoms with Crippen molar-refractivity contribution in [3.05, 3.63) is 62.0 Å². The lowest BCUT2D eigenvalue weighted by molar-refractivity contribution is -0.139. The average Bonchev–Trinajstić information content (AvgIpc) is 3.31. The van der Waals surface area contributed by atoms with Crippen molar-refractivity contribution in [1.29, 1.82) is 0 Å². The first kappa shape index (κ1) is 28.8. The zero-order chi connectivity index (χ0) is 26.6. The minimum atomic E-state index is -3.81. The van der Waals surface area contributed by atoms with Crippen LogP contribution in [0, 0.1) is 6.92 Å². The Balaban J connectivity index is 1.94. The SMILES string of the molecule is Cc1cc(N(CC(=O)N(Cc2c(Cl)cccc2Cl)C(C)C(=O)NC2CCCC2)S(C)(=O)=O)ccc1Br. The van der Waals surface area contributed by atoms with Gasteiger partial charge in [-0.3, -0.25) is 13.9 Å². The predicted molar refractivity (Wildman–Crippen MR) is 148 cm³/mol. The van der Waals surface area contributed by atoms with Gasteiger partial charge >= 0.3 is 0 Å². The molecule has 2 aromatic rings. The molecule has 3 rings (SSSR count). The third-order valence-corrected chi connectivity index (χ3v) is 9.11. The molecule has 0 heterocycles. The number of aryl methyl sites for hydroxylation is 1. The molecule has 0 aromatic heterocycles. The zero-order valence-electron chi connectivity index (χ0n) is 20.4. The van der Waals surface area contributed by atoms with Crippen LogP contribution in [0.4, 0.5) is 5.69 Å². The van der Waals surface area contributed by atoms with Crippen LogP contribution in [-0.2, 0) is 26.2 Å². The fraction of sp³-hybridized carbons (Fsp3) is 0.440. The van der Waals surface area contributed by atoms with Gasteiger partial charge in [0.05, 0.1) is 11.9 Å². The number of carbonyl (C=O) groups excluding carboxylic acids is 2. The summed E-state index contributed by atoms with van der Waals surface area (Å²) in [5, 5.41) is 3.73. The van der Waals surface area contributed by atoms with Gasteiger partial charge in [0, 0.05) is 32.7 Å². The molecule has 0 spiro atoms. The standard InChI is InChI=1S/C25H30BrCl2N3O4S/c1-16-13-19(11-12-21(16)26)31(36(3,34)35)15-24(32)30(14-20-22(27)9-6-10-23(20)28)17(2)25(33)29-18-7-4-5-8-18/h6,9-13,17-18H,4-5,7-8,14-15H2,1-3H3,(H,29,33). The third-order valence-electron chi connectivity index (χ3n) is 6.37. The number of sulfonamides is 1. The Morgan fingerprint density at radius 1 is 1.14 bits per heavy atom. The lowest BCUT2D eigenvalue weighted by Gasteiger charge is -2.32. The second-order valence-corrected chi connectivity index (χ2v) is 12.7. The molecule has 0 aliphatic heterocycles. The second-order valence-electron chi connectivity index (χ2n) is 9.09. The van der Waals surface area contributed by atoms with Gasteiger partial charge in [0.2, 0.25) is 21.8 Å². The Kier molecular flexibility index (Phi) is 9.71. The van der Waals surface area contributed by atoms with Crippen molar-refractivity contribution in [1.82, 2.24) is 10.2 Å². The largest absolute Gasteiger partial charge is 0.352 e. The molecule has 0 radical (unpaired) electrons. The number of nitrogens with zero attached hydrogens (tertiary/aromatic N) is 2. The summed E-state index contributed by atoms with van der Waals surface area (Å²) in [6.07, 6.45) is 4.93. The number of benzene rings is 2. The third kappa shape index (κ3) is 7.15. The summed E-state index contributed by atoms with van der Waals surface area (Å²) in [6.45, 7) is 2.93. The molecule has 36 heavy (non-hydrogen) atoms. The monoisotopic (exact) mass is 617 g/mol. The summed E-state index contributed by atoms with van der Waals surface area (Å²) >= 11 is 16.2. The highest BCUT2D eigenvalue weighted by atomic mass is 79.9. The molecule has 7 nitrogen and oxygen atoms in total. The van der Waals surface area contributed by atoms with Crippen molar-refractivity contribution in [3.8, 4) is 0 Å². The predicted octanol–water partition coefficient (Wildman–Crippen LogP) is 5.31. The van der Waals surface area contributed by atoms with Gasteiger partial charge in [-0.25, -0.2) is 8.42 Å². The first-order valence-corrected chi connectivity index (χ1v) is 15.0. The van der Waals surface area contributed by atoms with Crippen LogP contribution in [-0.4, -0.2) is 50.0 Å². The molecule has 2 aromatic carbocycles. The number of hydrogen-bond donors (Lipinski definition) is 1. The minimum absolute atomic E-state index is 0.0481. The molecule has 1 atom stereocenters. The number of nitrogens with one attached hydrogen (secondary N) is 1. The maximum Gasteiger partial charge on any atom is 0.244 e. The van der Waals surface area contributed by atoms with Crippen LogP contribution in [0.3, 0.4) is 0 Å². The summed E-state index contributed by atoms with van der Waals surface area (Å²) in [7, 11) is -3.81. The minimum Gasteiger partial charge on any atom is -0.352 e. The Labute approximate surface area is 231 Å². The Morgan fingerprint density at radius 3 is 2.31 bits per heavy atom. The number of rotatable bonds is 9. The zero-order valence-corrected chi connectivity index (χ0v) is 24.3. The smallest absolute Gasteiger partial charge is 0.244 e. The van der Waals surface area contributed by atoms with Crippen molar-refractivity contribution >= 4 is 66.7 Å². The summed E-state index contributed by atoms with van der Waals surface area (Å²) in [4.78, 5) is 28.1. The van der Waals surface area contributed by atoms with E-state index in [1.807, 2.05) is 6.92 Å². The highest BCUT2D eigenvalue weighted by Crippen LogP contribution is 2.28. The number of anilines is 1. The van der Waals surface area contributed by atoms with Crippen LogP contribution in [0.15, 0.2) is 40.9 Å². The highest BCUT2D eigenvalue weighted by molar-refractivity contribution is 9.10. The molecule has 1 fully saturated rings. The van der Waals surface area contributed by atoms with Crippen LogP contribution in [0.1, 0.15) is 43.7 Å². The molecule has 196 valence electrons. The number of carbonyl (C=O) groups is 2. The van der Waals surface area contributed by atoms with E-state index in [-0.39, 0.29) is 18.5 Å². The second kappa shape index (κ2) is 12.2. The lowest BCUT2D eigenvalue weighted by atomic mass is 10.1. The van der Waals surface area contributed by atoms with Crippen molar-refractivity contribution in [2.45, 2.75) is 58.2 Å². The average molecular weight is 619 g/mol. The van der Waals surface area contributed by atoms with Crippen molar-refractivity contribution in [2.75, 3.05) is 17.1 Å². The van der Waals surface area contributed by atoms with Crippen LogP contribution in [0.2, 0.25) is 10.0 Å². The quantitative estimate of drug-likeness (QED) is 0.413. The van der Waals surface area contributed by atoms with Gasteiger partial charge in [-0.2, -0.15) is 0 Å². The topological polar surface area (TPSA) is 86.8 Å². The molecule has 1 N–H and O–H groups in total. The summed E-state index contributed by atoms with van der Waals surface area (Å²) in [5.74, 6) is -0.852. The van der Waals surface area contributed by atoms with E-state index in [1.165, 1.54) is 4.90 Å². The van der Waals surface area contributed by atoms with Gasteiger partial charge in [-0.05, 0) is 62.6 Å². The fourth-order valence-corrected chi connectivity index (χ4v) is 5.83. The fourth-order valence-electron chi connectivity index (χ4n) is 4.23. The Bertz CT molecular complexity index is 1220. The molecule has 1 saturated carbocycles. The lowest BCUT2D eigenvalue weighted by Crippen LogP contribution is -2.52. The van der Waals surface area contributed by atoms with E-state index >= 15 is 0 Å². The number of halogens is 3. The van der Waals surface area contributed by atoms with E-state index in [2.05, 4.69) is 21.2 Å². The van der Waals surface area contributed by atoms with Crippen molar-refractivity contribution < 1.29 is 18.0 Å². The Hall–Kier alpha value is -1.81. The molecule has 0 saturated heterocycles. The maximum atomic E-state index is 13.7.